The summed E-state index contributed by atoms with van der Waals surface area (Å²) in [7, 11) is 1.65. The molecule has 0 saturated carbocycles. The lowest BCUT2D eigenvalue weighted by atomic mass is 10.1. The van der Waals surface area contributed by atoms with Gasteiger partial charge in [0.05, 0.1) is 6.61 Å². The Bertz CT molecular complexity index is 299. The first-order valence-corrected chi connectivity index (χ1v) is 4.53. The van der Waals surface area contributed by atoms with Gasteiger partial charge in [-0.25, -0.2) is 0 Å². The van der Waals surface area contributed by atoms with E-state index in [-0.39, 0.29) is 6.29 Å². The van der Waals surface area contributed by atoms with Crippen LogP contribution in [0, 0.1) is 0 Å². The van der Waals surface area contributed by atoms with Crippen molar-refractivity contribution in [2.75, 3.05) is 7.11 Å². The minimum atomic E-state index is -0.183. The standard InChI is InChI=1S/C9H9BrO2/c1-11-9-8-4-7(10)3-2-6(8)5-12-9/h2-4,9H,5H2,1H3/t9-/m1/s1. The molecule has 0 radical (unpaired) electrons. The molecular weight excluding hydrogens is 220 g/mol. The molecule has 1 aliphatic heterocycles. The second-order valence-electron chi connectivity index (χ2n) is 2.72. The van der Waals surface area contributed by atoms with E-state index in [4.69, 9.17) is 9.47 Å². The van der Waals surface area contributed by atoms with Gasteiger partial charge in [-0.15, -0.1) is 0 Å². The van der Waals surface area contributed by atoms with Crippen molar-refractivity contribution < 1.29 is 9.47 Å². The Hall–Kier alpha value is -0.380. The summed E-state index contributed by atoms with van der Waals surface area (Å²) in [5, 5.41) is 0. The maximum Gasteiger partial charge on any atom is 0.184 e. The maximum absolute atomic E-state index is 5.38. The van der Waals surface area contributed by atoms with Crippen molar-refractivity contribution in [3.8, 4) is 0 Å². The molecule has 0 aromatic heterocycles. The molecule has 1 heterocycles. The Morgan fingerprint density at radius 3 is 3.17 bits per heavy atom. The van der Waals surface area contributed by atoms with Crippen LogP contribution in [0.4, 0.5) is 0 Å². The predicted octanol–water partition coefficient (Wildman–Crippen LogP) is 2.62. The van der Waals surface area contributed by atoms with Gasteiger partial charge >= 0.3 is 0 Å². The van der Waals surface area contributed by atoms with Gasteiger partial charge in [-0.1, -0.05) is 22.0 Å². The zero-order valence-electron chi connectivity index (χ0n) is 6.71. The number of halogens is 1. The van der Waals surface area contributed by atoms with Crippen LogP contribution in [0.2, 0.25) is 0 Å². The molecular formula is C9H9BrO2. The molecule has 2 rings (SSSR count). The summed E-state index contributed by atoms with van der Waals surface area (Å²) in [6, 6.07) is 6.11. The van der Waals surface area contributed by atoms with Crippen LogP contribution in [0.1, 0.15) is 17.4 Å². The first-order valence-electron chi connectivity index (χ1n) is 3.74. The van der Waals surface area contributed by atoms with Crippen molar-refractivity contribution in [1.29, 1.82) is 0 Å². The van der Waals surface area contributed by atoms with Gasteiger partial charge in [0.1, 0.15) is 0 Å². The third kappa shape index (κ3) is 1.28. The molecule has 0 amide bonds. The maximum atomic E-state index is 5.38. The molecule has 1 atom stereocenters. The second kappa shape index (κ2) is 3.17. The highest BCUT2D eigenvalue weighted by atomic mass is 79.9. The van der Waals surface area contributed by atoms with Gasteiger partial charge in [-0.05, 0) is 17.7 Å². The van der Waals surface area contributed by atoms with Crippen LogP contribution >= 0.6 is 15.9 Å². The molecule has 1 aromatic rings. The quantitative estimate of drug-likeness (QED) is 0.736. The number of benzene rings is 1. The molecule has 0 saturated heterocycles. The van der Waals surface area contributed by atoms with Crippen LogP contribution in [-0.4, -0.2) is 7.11 Å². The van der Waals surface area contributed by atoms with Gasteiger partial charge < -0.3 is 9.47 Å². The molecule has 0 aliphatic carbocycles. The van der Waals surface area contributed by atoms with Crippen molar-refractivity contribution in [2.45, 2.75) is 12.9 Å². The van der Waals surface area contributed by atoms with E-state index in [0.29, 0.717) is 6.61 Å². The fourth-order valence-corrected chi connectivity index (χ4v) is 1.75. The van der Waals surface area contributed by atoms with Crippen LogP contribution in [0.3, 0.4) is 0 Å². The third-order valence-corrected chi connectivity index (χ3v) is 2.46. The van der Waals surface area contributed by atoms with Crippen LogP contribution in [0.5, 0.6) is 0 Å². The van der Waals surface area contributed by atoms with Crippen LogP contribution in [0.25, 0.3) is 0 Å². The van der Waals surface area contributed by atoms with Gasteiger partial charge in [0.2, 0.25) is 0 Å². The van der Waals surface area contributed by atoms with Gasteiger partial charge in [0.15, 0.2) is 6.29 Å². The van der Waals surface area contributed by atoms with Crippen LogP contribution < -0.4 is 0 Å². The summed E-state index contributed by atoms with van der Waals surface area (Å²) in [6.45, 7) is 0.654. The number of ether oxygens (including phenoxy) is 2. The number of rotatable bonds is 1. The van der Waals surface area contributed by atoms with E-state index in [2.05, 4.69) is 22.0 Å². The summed E-state index contributed by atoms with van der Waals surface area (Å²) >= 11 is 3.41. The fourth-order valence-electron chi connectivity index (χ4n) is 1.37. The molecule has 64 valence electrons. The van der Waals surface area contributed by atoms with Gasteiger partial charge in [0.25, 0.3) is 0 Å². The Morgan fingerprint density at radius 1 is 1.58 bits per heavy atom. The minimum absolute atomic E-state index is 0.183. The van der Waals surface area contributed by atoms with E-state index >= 15 is 0 Å². The summed E-state index contributed by atoms with van der Waals surface area (Å²) in [4.78, 5) is 0. The van der Waals surface area contributed by atoms with E-state index in [1.54, 1.807) is 7.11 Å². The fraction of sp³-hybridized carbons (Fsp3) is 0.333. The van der Waals surface area contributed by atoms with E-state index < -0.39 is 0 Å². The zero-order valence-corrected chi connectivity index (χ0v) is 8.30. The van der Waals surface area contributed by atoms with Gasteiger partial charge in [-0.3, -0.25) is 0 Å². The molecule has 0 unspecified atom stereocenters. The molecule has 1 aromatic carbocycles. The van der Waals surface area contributed by atoms with Crippen molar-refractivity contribution in [3.63, 3.8) is 0 Å². The van der Waals surface area contributed by atoms with Crippen molar-refractivity contribution >= 4 is 15.9 Å². The highest BCUT2D eigenvalue weighted by Crippen LogP contribution is 2.32. The van der Waals surface area contributed by atoms with Crippen LogP contribution in [0.15, 0.2) is 22.7 Å². The van der Waals surface area contributed by atoms with Gasteiger partial charge in [-0.2, -0.15) is 0 Å². The van der Waals surface area contributed by atoms with E-state index in [1.165, 1.54) is 5.56 Å². The first kappa shape index (κ1) is 8.23. The summed E-state index contributed by atoms with van der Waals surface area (Å²) in [5.74, 6) is 0. The SMILES string of the molecule is CO[C@@H]1OCc2ccc(Br)cc21. The lowest BCUT2D eigenvalue weighted by Crippen LogP contribution is -1.97. The predicted molar refractivity (Wildman–Crippen MR) is 48.7 cm³/mol. The lowest BCUT2D eigenvalue weighted by Gasteiger charge is -2.07. The van der Waals surface area contributed by atoms with Crippen molar-refractivity contribution in [1.82, 2.24) is 0 Å². The normalized spacial score (nSPS) is 21.0. The highest BCUT2D eigenvalue weighted by Gasteiger charge is 2.22. The molecule has 0 spiro atoms. The average molecular weight is 229 g/mol. The molecule has 2 nitrogen and oxygen atoms in total. The van der Waals surface area contributed by atoms with Crippen molar-refractivity contribution in [3.05, 3.63) is 33.8 Å². The monoisotopic (exact) mass is 228 g/mol. The minimum Gasteiger partial charge on any atom is -0.352 e. The Morgan fingerprint density at radius 2 is 2.42 bits per heavy atom. The zero-order chi connectivity index (χ0) is 8.55. The Kier molecular flexibility index (Phi) is 2.17. The van der Waals surface area contributed by atoms with E-state index in [0.717, 1.165) is 10.0 Å². The topological polar surface area (TPSA) is 18.5 Å². The second-order valence-corrected chi connectivity index (χ2v) is 3.64. The van der Waals surface area contributed by atoms with Gasteiger partial charge in [0, 0.05) is 17.1 Å². The largest absolute Gasteiger partial charge is 0.352 e. The Balaban J connectivity index is 2.42. The Labute approximate surface area is 79.6 Å². The molecule has 0 bridgehead atoms. The molecule has 0 N–H and O–H groups in total. The smallest absolute Gasteiger partial charge is 0.184 e. The lowest BCUT2D eigenvalue weighted by molar-refractivity contribution is -0.118. The number of fused-ring (bicyclic) bond motifs is 1. The molecule has 3 heteroatoms. The molecule has 1 aliphatic rings. The molecule has 0 fully saturated rings. The number of methoxy groups -OCH3 is 1. The number of hydrogen-bond donors (Lipinski definition) is 0. The van der Waals surface area contributed by atoms with E-state index in [9.17, 15) is 0 Å². The van der Waals surface area contributed by atoms with Crippen molar-refractivity contribution in [2.24, 2.45) is 0 Å². The number of hydrogen-bond acceptors (Lipinski definition) is 2. The highest BCUT2D eigenvalue weighted by molar-refractivity contribution is 9.10. The van der Waals surface area contributed by atoms with Crippen LogP contribution in [-0.2, 0) is 16.1 Å². The summed E-state index contributed by atoms with van der Waals surface area (Å²) in [5.41, 5.74) is 2.34. The average Bonchev–Trinajstić information content (AvgIpc) is 2.46. The molecule has 12 heavy (non-hydrogen) atoms. The third-order valence-electron chi connectivity index (χ3n) is 1.97. The summed E-state index contributed by atoms with van der Waals surface area (Å²) in [6.07, 6.45) is -0.183. The van der Waals surface area contributed by atoms with E-state index in [1.807, 2.05) is 12.1 Å². The summed E-state index contributed by atoms with van der Waals surface area (Å²) < 4.78 is 11.6. The first-order chi connectivity index (χ1) is 5.81.